The molecule has 0 saturated carbocycles. The molecule has 0 unspecified atom stereocenters. The molecule has 0 saturated heterocycles. The van der Waals surface area contributed by atoms with E-state index in [1.807, 2.05) is 0 Å². The van der Waals surface area contributed by atoms with E-state index in [4.69, 9.17) is 0 Å². The van der Waals surface area contributed by atoms with Crippen LogP contribution in [0.1, 0.15) is 13.3 Å². The van der Waals surface area contributed by atoms with Crippen molar-refractivity contribution in [2.45, 2.75) is 25.7 Å². The van der Waals surface area contributed by atoms with Gasteiger partial charge in [-0.25, -0.2) is 0 Å². The Balaban J connectivity index is 4.86. The first-order chi connectivity index (χ1) is 6.96. The number of aliphatic carboxylic acids is 1. The van der Waals surface area contributed by atoms with Gasteiger partial charge in [-0.2, -0.15) is 26.3 Å². The first-order valence-corrected chi connectivity index (χ1v) is 3.97. The lowest BCUT2D eigenvalue weighted by molar-refractivity contribution is -0.299. The SMILES string of the molecule is CC(=CCC(C(F)(F)F)C(F)(F)F)C(=O)[O-]. The summed E-state index contributed by atoms with van der Waals surface area (Å²) >= 11 is 0. The molecule has 0 atom stereocenters. The highest BCUT2D eigenvalue weighted by atomic mass is 19.4. The molecule has 0 aliphatic heterocycles. The van der Waals surface area contributed by atoms with E-state index < -0.39 is 36.2 Å². The molecule has 2 nitrogen and oxygen atoms in total. The highest BCUT2D eigenvalue weighted by Crippen LogP contribution is 2.41. The first kappa shape index (κ1) is 14.8. The quantitative estimate of drug-likeness (QED) is 0.565. The third-order valence-electron chi connectivity index (χ3n) is 1.77. The van der Waals surface area contributed by atoms with E-state index in [2.05, 4.69) is 0 Å². The van der Waals surface area contributed by atoms with Gasteiger partial charge in [0.05, 0.1) is 5.97 Å². The Morgan fingerprint density at radius 1 is 1.19 bits per heavy atom. The van der Waals surface area contributed by atoms with Gasteiger partial charge < -0.3 is 9.90 Å². The second-order valence-electron chi connectivity index (χ2n) is 3.05. The summed E-state index contributed by atoms with van der Waals surface area (Å²) < 4.78 is 71.7. The number of allylic oxidation sites excluding steroid dienone is 1. The van der Waals surface area contributed by atoms with E-state index in [0.717, 1.165) is 6.92 Å². The average molecular weight is 249 g/mol. The lowest BCUT2D eigenvalue weighted by Crippen LogP contribution is -2.36. The molecule has 8 heteroatoms. The summed E-state index contributed by atoms with van der Waals surface area (Å²) in [6.07, 6.45) is -12.0. The van der Waals surface area contributed by atoms with Gasteiger partial charge in [-0.3, -0.25) is 0 Å². The van der Waals surface area contributed by atoms with E-state index >= 15 is 0 Å². The van der Waals surface area contributed by atoms with E-state index in [1.54, 1.807) is 0 Å². The van der Waals surface area contributed by atoms with E-state index in [9.17, 15) is 36.2 Å². The Labute approximate surface area is 86.6 Å². The highest BCUT2D eigenvalue weighted by Gasteiger charge is 2.55. The molecule has 0 aliphatic rings. The Kier molecular flexibility index (Phi) is 4.39. The second-order valence-corrected chi connectivity index (χ2v) is 3.05. The van der Waals surface area contributed by atoms with Crippen molar-refractivity contribution in [3.63, 3.8) is 0 Å². The molecule has 0 aromatic rings. The largest absolute Gasteiger partial charge is 0.545 e. The normalized spacial score (nSPS) is 14.4. The molecule has 0 heterocycles. The number of hydrogen-bond acceptors (Lipinski definition) is 2. The number of hydrogen-bond donors (Lipinski definition) is 0. The van der Waals surface area contributed by atoms with Gasteiger partial charge in [-0.15, -0.1) is 0 Å². The van der Waals surface area contributed by atoms with Crippen LogP contribution in [0.4, 0.5) is 26.3 Å². The molecule has 0 bridgehead atoms. The number of carboxylic acid groups (broad SMARTS) is 1. The number of carbonyl (C=O) groups is 1. The van der Waals surface area contributed by atoms with Crippen molar-refractivity contribution in [3.8, 4) is 0 Å². The Morgan fingerprint density at radius 2 is 1.56 bits per heavy atom. The molecule has 0 spiro atoms. The van der Waals surface area contributed by atoms with Crippen LogP contribution in [-0.2, 0) is 4.79 Å². The Bertz CT molecular complexity index is 274. The number of halogens is 6. The maximum Gasteiger partial charge on any atom is 0.400 e. The fourth-order valence-corrected chi connectivity index (χ4v) is 0.831. The van der Waals surface area contributed by atoms with Crippen LogP contribution < -0.4 is 5.11 Å². The molecule has 0 aromatic carbocycles. The maximum atomic E-state index is 12.0. The van der Waals surface area contributed by atoms with Crippen molar-refractivity contribution in [2.24, 2.45) is 5.92 Å². The van der Waals surface area contributed by atoms with Gasteiger partial charge in [0.1, 0.15) is 0 Å². The summed E-state index contributed by atoms with van der Waals surface area (Å²) in [7, 11) is 0. The topological polar surface area (TPSA) is 40.1 Å². The first-order valence-electron chi connectivity index (χ1n) is 3.97. The van der Waals surface area contributed by atoms with Crippen molar-refractivity contribution >= 4 is 5.97 Å². The van der Waals surface area contributed by atoms with E-state index in [-0.39, 0.29) is 0 Å². The van der Waals surface area contributed by atoms with Crippen molar-refractivity contribution in [1.29, 1.82) is 0 Å². The lowest BCUT2D eigenvalue weighted by atomic mass is 10.0. The van der Waals surface area contributed by atoms with Crippen molar-refractivity contribution in [2.75, 3.05) is 0 Å². The molecule has 16 heavy (non-hydrogen) atoms. The third-order valence-corrected chi connectivity index (χ3v) is 1.77. The molecule has 0 aromatic heterocycles. The standard InChI is InChI=1S/C8H8F6O2/c1-4(6(15)16)2-3-5(7(9,10)11)8(12,13)14/h2,5H,3H2,1H3,(H,15,16)/p-1. The van der Waals surface area contributed by atoms with Gasteiger partial charge in [0.15, 0.2) is 5.92 Å². The smallest absolute Gasteiger partial charge is 0.400 e. The minimum atomic E-state index is -5.46. The molecule has 0 aliphatic carbocycles. The average Bonchev–Trinajstić information content (AvgIpc) is 1.98. The Hall–Kier alpha value is -1.21. The fourth-order valence-electron chi connectivity index (χ4n) is 0.831. The van der Waals surface area contributed by atoms with Crippen LogP contribution in [0.25, 0.3) is 0 Å². The molecule has 0 fully saturated rings. The molecule has 0 rings (SSSR count). The van der Waals surface area contributed by atoms with Gasteiger partial charge in [0.25, 0.3) is 0 Å². The lowest BCUT2D eigenvalue weighted by Gasteiger charge is -2.21. The summed E-state index contributed by atoms with van der Waals surface area (Å²) in [5, 5.41) is 10.1. The van der Waals surface area contributed by atoms with Crippen LogP contribution in [0.15, 0.2) is 11.6 Å². The van der Waals surface area contributed by atoms with Crippen LogP contribution in [0.3, 0.4) is 0 Å². The molecule has 94 valence electrons. The summed E-state index contributed by atoms with van der Waals surface area (Å²) in [4.78, 5) is 10.1. The van der Waals surface area contributed by atoms with Crippen molar-refractivity contribution in [1.82, 2.24) is 0 Å². The zero-order valence-electron chi connectivity index (χ0n) is 7.95. The van der Waals surface area contributed by atoms with Crippen molar-refractivity contribution < 1.29 is 36.2 Å². The van der Waals surface area contributed by atoms with Gasteiger partial charge in [0, 0.05) is 0 Å². The maximum absolute atomic E-state index is 12.0. The van der Waals surface area contributed by atoms with E-state index in [0.29, 0.717) is 6.08 Å². The molecule has 0 N–H and O–H groups in total. The number of alkyl halides is 6. The van der Waals surface area contributed by atoms with Crippen molar-refractivity contribution in [3.05, 3.63) is 11.6 Å². The van der Waals surface area contributed by atoms with E-state index in [1.165, 1.54) is 0 Å². The second kappa shape index (κ2) is 4.75. The van der Waals surface area contributed by atoms with Crippen LogP contribution in [-0.4, -0.2) is 18.3 Å². The highest BCUT2D eigenvalue weighted by molar-refractivity contribution is 5.83. The van der Waals surface area contributed by atoms with Crippen LogP contribution in [0.5, 0.6) is 0 Å². The zero-order chi connectivity index (χ0) is 13.1. The fraction of sp³-hybridized carbons (Fsp3) is 0.625. The summed E-state index contributed by atoms with van der Waals surface area (Å²) in [5.74, 6) is -5.36. The third kappa shape index (κ3) is 4.54. The number of rotatable bonds is 3. The van der Waals surface area contributed by atoms with Crippen LogP contribution >= 0.6 is 0 Å². The van der Waals surface area contributed by atoms with Crippen LogP contribution in [0.2, 0.25) is 0 Å². The monoisotopic (exact) mass is 249 g/mol. The predicted octanol–water partition coefficient (Wildman–Crippen LogP) is 1.81. The molecule has 0 amide bonds. The summed E-state index contributed by atoms with van der Waals surface area (Å²) in [6, 6.07) is 0. The zero-order valence-corrected chi connectivity index (χ0v) is 7.95. The molecule has 0 radical (unpaired) electrons. The molecular weight excluding hydrogens is 242 g/mol. The van der Waals surface area contributed by atoms with Gasteiger partial charge >= 0.3 is 12.4 Å². The number of carboxylic acids is 1. The molecular formula is C8H7F6O2-. The van der Waals surface area contributed by atoms with Crippen LogP contribution in [0, 0.1) is 5.92 Å². The van der Waals surface area contributed by atoms with Gasteiger partial charge in [-0.05, 0) is 18.9 Å². The Morgan fingerprint density at radius 3 is 1.81 bits per heavy atom. The summed E-state index contributed by atoms with van der Waals surface area (Å²) in [5.41, 5.74) is -0.668. The minimum Gasteiger partial charge on any atom is -0.545 e. The minimum absolute atomic E-state index is 0.348. The predicted molar refractivity (Wildman–Crippen MR) is 39.0 cm³/mol. The number of carbonyl (C=O) groups excluding carboxylic acids is 1. The summed E-state index contributed by atoms with van der Waals surface area (Å²) in [6.45, 7) is 0.860. The van der Waals surface area contributed by atoms with Gasteiger partial charge in [0.2, 0.25) is 0 Å². The van der Waals surface area contributed by atoms with Gasteiger partial charge in [-0.1, -0.05) is 6.08 Å².